The maximum Gasteiger partial charge on any atom is 0.251 e. The molecular formula is C12H22N2O3. The molecule has 0 aromatic carbocycles. The van der Waals surface area contributed by atoms with E-state index in [1.54, 1.807) is 0 Å². The van der Waals surface area contributed by atoms with E-state index in [1.807, 2.05) is 0 Å². The molecule has 3 atom stereocenters. The molecule has 2 aliphatic heterocycles. The first-order chi connectivity index (χ1) is 8.25. The van der Waals surface area contributed by atoms with Crippen molar-refractivity contribution >= 4 is 5.91 Å². The van der Waals surface area contributed by atoms with Gasteiger partial charge in [0.1, 0.15) is 0 Å². The van der Waals surface area contributed by atoms with E-state index in [2.05, 4.69) is 17.6 Å². The first-order valence-corrected chi connectivity index (χ1v) is 6.46. The average molecular weight is 242 g/mol. The van der Waals surface area contributed by atoms with E-state index >= 15 is 0 Å². The van der Waals surface area contributed by atoms with E-state index in [0.717, 1.165) is 13.1 Å². The van der Waals surface area contributed by atoms with Crippen molar-refractivity contribution in [3.05, 3.63) is 0 Å². The topological polar surface area (TPSA) is 59.6 Å². The molecule has 2 N–H and O–H groups in total. The van der Waals surface area contributed by atoms with Gasteiger partial charge in [-0.3, -0.25) is 4.79 Å². The van der Waals surface area contributed by atoms with Crippen molar-refractivity contribution in [3.63, 3.8) is 0 Å². The highest BCUT2D eigenvalue weighted by Gasteiger charge is 2.24. The highest BCUT2D eigenvalue weighted by atomic mass is 16.6. The summed E-state index contributed by atoms with van der Waals surface area (Å²) in [6.07, 6.45) is 1.94. The van der Waals surface area contributed by atoms with Crippen LogP contribution in [0.2, 0.25) is 0 Å². The van der Waals surface area contributed by atoms with Crippen LogP contribution in [0.15, 0.2) is 0 Å². The summed E-state index contributed by atoms with van der Waals surface area (Å²) in [6, 6.07) is 0.608. The molecule has 2 heterocycles. The van der Waals surface area contributed by atoms with E-state index in [0.29, 0.717) is 31.8 Å². The fraction of sp³-hybridized carbons (Fsp3) is 0.917. The average Bonchev–Trinajstić information content (AvgIpc) is 2.39. The lowest BCUT2D eigenvalue weighted by Crippen LogP contribution is -2.47. The van der Waals surface area contributed by atoms with Gasteiger partial charge in [0.2, 0.25) is 0 Å². The van der Waals surface area contributed by atoms with Gasteiger partial charge in [-0.25, -0.2) is 0 Å². The third-order valence-electron chi connectivity index (χ3n) is 3.44. The summed E-state index contributed by atoms with van der Waals surface area (Å²) in [5, 5.41) is 6.38. The molecule has 2 aliphatic rings. The molecular weight excluding hydrogens is 220 g/mol. The molecule has 0 aromatic rings. The van der Waals surface area contributed by atoms with Crippen molar-refractivity contribution in [2.45, 2.75) is 31.9 Å². The Hall–Kier alpha value is -0.650. The third kappa shape index (κ3) is 3.94. The number of amides is 1. The first kappa shape index (κ1) is 12.8. The molecule has 0 aliphatic carbocycles. The molecule has 0 bridgehead atoms. The van der Waals surface area contributed by atoms with Crippen LogP contribution in [0.25, 0.3) is 0 Å². The van der Waals surface area contributed by atoms with Gasteiger partial charge in [-0.1, -0.05) is 0 Å². The summed E-state index contributed by atoms with van der Waals surface area (Å²) in [7, 11) is 0. The second-order valence-electron chi connectivity index (χ2n) is 4.93. The summed E-state index contributed by atoms with van der Waals surface area (Å²) in [4.78, 5) is 11.8. The van der Waals surface area contributed by atoms with Crippen molar-refractivity contribution in [1.82, 2.24) is 10.6 Å². The minimum atomic E-state index is -0.417. The van der Waals surface area contributed by atoms with E-state index in [1.165, 1.54) is 12.8 Å². The first-order valence-electron chi connectivity index (χ1n) is 6.46. The number of ether oxygens (including phenoxy) is 2. The van der Waals surface area contributed by atoms with Gasteiger partial charge in [0.05, 0.1) is 19.8 Å². The fourth-order valence-corrected chi connectivity index (χ4v) is 2.23. The molecule has 2 rings (SSSR count). The summed E-state index contributed by atoms with van der Waals surface area (Å²) < 4.78 is 10.6. The van der Waals surface area contributed by atoms with Crippen LogP contribution >= 0.6 is 0 Å². The number of carbonyl (C=O) groups is 1. The van der Waals surface area contributed by atoms with Crippen LogP contribution in [0.3, 0.4) is 0 Å². The SMILES string of the molecule is CC1CCC(CNC(=O)C2COCCO2)CN1. The van der Waals surface area contributed by atoms with E-state index in [4.69, 9.17) is 9.47 Å². The van der Waals surface area contributed by atoms with E-state index in [-0.39, 0.29) is 5.91 Å². The van der Waals surface area contributed by atoms with Crippen LogP contribution in [-0.2, 0) is 14.3 Å². The largest absolute Gasteiger partial charge is 0.376 e. The minimum absolute atomic E-state index is 0.0386. The Morgan fingerprint density at radius 1 is 1.41 bits per heavy atom. The van der Waals surface area contributed by atoms with Gasteiger partial charge in [-0.2, -0.15) is 0 Å². The Labute approximate surface area is 102 Å². The smallest absolute Gasteiger partial charge is 0.251 e. The molecule has 2 saturated heterocycles. The van der Waals surface area contributed by atoms with Gasteiger partial charge in [-0.15, -0.1) is 0 Å². The molecule has 0 radical (unpaired) electrons. The standard InChI is InChI=1S/C12H22N2O3/c1-9-2-3-10(6-13-9)7-14-12(15)11-8-16-4-5-17-11/h9-11,13H,2-8H2,1H3,(H,14,15). The van der Waals surface area contributed by atoms with Gasteiger partial charge >= 0.3 is 0 Å². The van der Waals surface area contributed by atoms with Gasteiger partial charge in [-0.05, 0) is 32.2 Å². The van der Waals surface area contributed by atoms with Crippen LogP contribution in [-0.4, -0.2) is 51.0 Å². The van der Waals surface area contributed by atoms with Crippen LogP contribution in [0.4, 0.5) is 0 Å². The predicted octanol–water partition coefficient (Wildman–Crippen LogP) is -0.0939. The van der Waals surface area contributed by atoms with E-state index in [9.17, 15) is 4.79 Å². The van der Waals surface area contributed by atoms with Gasteiger partial charge < -0.3 is 20.1 Å². The van der Waals surface area contributed by atoms with Crippen LogP contribution in [0.1, 0.15) is 19.8 Å². The van der Waals surface area contributed by atoms with Crippen molar-refractivity contribution in [1.29, 1.82) is 0 Å². The molecule has 1 amide bonds. The second-order valence-corrected chi connectivity index (χ2v) is 4.93. The van der Waals surface area contributed by atoms with Gasteiger partial charge in [0.25, 0.3) is 5.91 Å². The number of hydrogen-bond acceptors (Lipinski definition) is 4. The quantitative estimate of drug-likeness (QED) is 0.726. The zero-order valence-corrected chi connectivity index (χ0v) is 10.4. The molecule has 0 saturated carbocycles. The lowest BCUT2D eigenvalue weighted by atomic mass is 9.95. The minimum Gasteiger partial charge on any atom is -0.376 e. The van der Waals surface area contributed by atoms with Crippen molar-refractivity contribution < 1.29 is 14.3 Å². The zero-order valence-electron chi connectivity index (χ0n) is 10.4. The lowest BCUT2D eigenvalue weighted by molar-refractivity contribution is -0.147. The monoisotopic (exact) mass is 242 g/mol. The Morgan fingerprint density at radius 2 is 2.29 bits per heavy atom. The van der Waals surface area contributed by atoms with Crippen molar-refractivity contribution in [2.75, 3.05) is 32.9 Å². The Kier molecular flexibility index (Phi) is 4.76. The van der Waals surface area contributed by atoms with Gasteiger partial charge in [0.15, 0.2) is 6.10 Å². The fourth-order valence-electron chi connectivity index (χ4n) is 2.23. The Morgan fingerprint density at radius 3 is 2.94 bits per heavy atom. The number of piperidine rings is 1. The lowest BCUT2D eigenvalue weighted by Gasteiger charge is -2.28. The predicted molar refractivity (Wildman–Crippen MR) is 63.8 cm³/mol. The normalized spacial score (nSPS) is 34.3. The number of rotatable bonds is 3. The molecule has 98 valence electrons. The Balaban J connectivity index is 1.65. The van der Waals surface area contributed by atoms with Crippen molar-refractivity contribution in [2.24, 2.45) is 5.92 Å². The molecule has 0 spiro atoms. The molecule has 5 heteroatoms. The number of carbonyl (C=O) groups excluding carboxylic acids is 1. The molecule has 5 nitrogen and oxygen atoms in total. The van der Waals surface area contributed by atoms with Crippen LogP contribution in [0.5, 0.6) is 0 Å². The van der Waals surface area contributed by atoms with Gasteiger partial charge in [0, 0.05) is 12.6 Å². The third-order valence-corrected chi connectivity index (χ3v) is 3.44. The summed E-state index contributed by atoms with van der Waals surface area (Å²) in [5.41, 5.74) is 0. The highest BCUT2D eigenvalue weighted by molar-refractivity contribution is 5.80. The zero-order chi connectivity index (χ0) is 12.1. The van der Waals surface area contributed by atoms with Crippen LogP contribution < -0.4 is 10.6 Å². The summed E-state index contributed by atoms with van der Waals surface area (Å²) >= 11 is 0. The molecule has 2 fully saturated rings. The number of hydrogen-bond donors (Lipinski definition) is 2. The maximum absolute atomic E-state index is 11.8. The molecule has 3 unspecified atom stereocenters. The highest BCUT2D eigenvalue weighted by Crippen LogP contribution is 2.13. The molecule has 17 heavy (non-hydrogen) atoms. The second kappa shape index (κ2) is 6.33. The molecule has 0 aromatic heterocycles. The van der Waals surface area contributed by atoms with Crippen molar-refractivity contribution in [3.8, 4) is 0 Å². The summed E-state index contributed by atoms with van der Waals surface area (Å²) in [5.74, 6) is 0.503. The number of nitrogens with one attached hydrogen (secondary N) is 2. The van der Waals surface area contributed by atoms with Crippen LogP contribution in [0, 0.1) is 5.92 Å². The van der Waals surface area contributed by atoms with E-state index < -0.39 is 6.10 Å². The maximum atomic E-state index is 11.8. The Bertz CT molecular complexity index is 246. The summed E-state index contributed by atoms with van der Waals surface area (Å²) in [6.45, 7) is 5.41.